The Morgan fingerprint density at radius 3 is 2.68 bits per heavy atom. The van der Waals surface area contributed by atoms with E-state index in [4.69, 9.17) is 9.47 Å². The van der Waals surface area contributed by atoms with Crippen LogP contribution in [0.25, 0.3) is 0 Å². The first-order valence-electron chi connectivity index (χ1n) is 9.34. The van der Waals surface area contributed by atoms with Crippen LogP contribution in [0.4, 0.5) is 5.69 Å². The summed E-state index contributed by atoms with van der Waals surface area (Å²) in [6.45, 7) is 4.26. The number of anilines is 1. The van der Waals surface area contributed by atoms with Gasteiger partial charge in [-0.05, 0) is 29.8 Å². The second kappa shape index (κ2) is 8.19. The minimum Gasteiger partial charge on any atom is -0.454 e. The lowest BCUT2D eigenvalue weighted by Crippen LogP contribution is -2.49. The van der Waals surface area contributed by atoms with Crippen LogP contribution in [0.3, 0.4) is 0 Å². The number of nitrogens with one attached hydrogen (secondary N) is 1. The average molecular weight is 378 g/mol. The number of hydrogen-bond acceptors (Lipinski definition) is 6. The van der Waals surface area contributed by atoms with Gasteiger partial charge in [-0.25, -0.2) is 0 Å². The number of rotatable bonds is 5. The highest BCUT2D eigenvalue weighted by Crippen LogP contribution is 2.32. The van der Waals surface area contributed by atoms with Gasteiger partial charge in [-0.1, -0.05) is 18.2 Å². The summed E-state index contributed by atoms with van der Waals surface area (Å²) < 4.78 is 10.7. The summed E-state index contributed by atoms with van der Waals surface area (Å²) in [5.41, 5.74) is 2.64. The van der Waals surface area contributed by atoms with Crippen molar-refractivity contribution in [3.63, 3.8) is 0 Å². The smallest absolute Gasteiger partial charge is 0.234 e. The Balaban J connectivity index is 1.24. The summed E-state index contributed by atoms with van der Waals surface area (Å²) >= 11 is 0. The molecule has 0 saturated carbocycles. The number of hydrogen-bond donors (Lipinski definition) is 1. The highest BCUT2D eigenvalue weighted by Gasteiger charge is 2.21. The van der Waals surface area contributed by atoms with E-state index >= 15 is 0 Å². The summed E-state index contributed by atoms with van der Waals surface area (Å²) in [4.78, 5) is 16.7. The zero-order valence-corrected chi connectivity index (χ0v) is 15.6. The number of carbonyl (C=O) groups excluding carboxylic acids is 1. The Kier molecular flexibility index (Phi) is 5.31. The first kappa shape index (κ1) is 18.1. The van der Waals surface area contributed by atoms with Crippen molar-refractivity contribution in [3.8, 4) is 17.6 Å². The van der Waals surface area contributed by atoms with Gasteiger partial charge >= 0.3 is 0 Å². The average Bonchev–Trinajstić information content (AvgIpc) is 3.21. The third kappa shape index (κ3) is 4.02. The Bertz CT molecular complexity index is 901. The van der Waals surface area contributed by atoms with Gasteiger partial charge in [-0.15, -0.1) is 0 Å². The van der Waals surface area contributed by atoms with Crippen LogP contribution in [-0.2, 0) is 11.3 Å². The van der Waals surface area contributed by atoms with E-state index in [1.807, 2.05) is 42.5 Å². The fourth-order valence-electron chi connectivity index (χ4n) is 3.50. The topological polar surface area (TPSA) is 77.8 Å². The molecule has 1 N–H and O–H groups in total. The molecule has 0 radical (unpaired) electrons. The maximum Gasteiger partial charge on any atom is 0.234 e. The molecule has 0 aliphatic carbocycles. The number of benzene rings is 2. The van der Waals surface area contributed by atoms with E-state index in [0.29, 0.717) is 18.7 Å². The van der Waals surface area contributed by atoms with Crippen molar-refractivity contribution < 1.29 is 14.3 Å². The highest BCUT2D eigenvalue weighted by molar-refractivity contribution is 5.78. The van der Waals surface area contributed by atoms with Gasteiger partial charge in [0, 0.05) is 32.7 Å². The normalized spacial score (nSPS) is 15.9. The van der Waals surface area contributed by atoms with Crippen LogP contribution in [0.5, 0.6) is 11.5 Å². The summed E-state index contributed by atoms with van der Waals surface area (Å²) in [5.74, 6) is 1.47. The van der Waals surface area contributed by atoms with Gasteiger partial charge in [-0.2, -0.15) is 5.26 Å². The second-order valence-electron chi connectivity index (χ2n) is 6.86. The molecule has 0 unspecified atom stereocenters. The minimum atomic E-state index is 0.00328. The molecule has 2 aromatic carbocycles. The molecule has 28 heavy (non-hydrogen) atoms. The summed E-state index contributed by atoms with van der Waals surface area (Å²) in [6, 6.07) is 15.6. The van der Waals surface area contributed by atoms with E-state index in [1.54, 1.807) is 0 Å². The molecule has 144 valence electrons. The molecule has 2 aliphatic heterocycles. The van der Waals surface area contributed by atoms with Crippen LogP contribution in [-0.4, -0.2) is 50.3 Å². The monoisotopic (exact) mass is 378 g/mol. The van der Waals surface area contributed by atoms with Gasteiger partial charge in [0.2, 0.25) is 12.7 Å². The lowest BCUT2D eigenvalue weighted by molar-refractivity contribution is -0.122. The number of amides is 1. The maximum atomic E-state index is 12.3. The van der Waals surface area contributed by atoms with Gasteiger partial charge in [-0.3, -0.25) is 9.69 Å². The van der Waals surface area contributed by atoms with Crippen molar-refractivity contribution in [2.75, 3.05) is 44.4 Å². The molecule has 7 nitrogen and oxygen atoms in total. The van der Waals surface area contributed by atoms with Crippen molar-refractivity contribution in [2.24, 2.45) is 0 Å². The molecule has 1 amide bonds. The first-order chi connectivity index (χ1) is 13.7. The number of carbonyl (C=O) groups is 1. The minimum absolute atomic E-state index is 0.00328. The number of nitriles is 1. The van der Waals surface area contributed by atoms with Gasteiger partial charge in [0.05, 0.1) is 17.8 Å². The lowest BCUT2D eigenvalue weighted by Gasteiger charge is -2.36. The fourth-order valence-corrected chi connectivity index (χ4v) is 3.50. The van der Waals surface area contributed by atoms with Gasteiger partial charge in [0.15, 0.2) is 11.5 Å². The van der Waals surface area contributed by atoms with Gasteiger partial charge < -0.3 is 19.7 Å². The first-order valence-corrected chi connectivity index (χ1v) is 9.34. The molecule has 2 heterocycles. The highest BCUT2D eigenvalue weighted by atomic mass is 16.7. The SMILES string of the molecule is N#Cc1ccccc1N1CCN(CC(=O)NCc2ccc3c(c2)OCO3)CC1. The standard InChI is InChI=1S/C21H22N4O3/c22-12-17-3-1-2-4-18(17)25-9-7-24(8-10-25)14-21(26)23-13-16-5-6-19-20(11-16)28-15-27-19/h1-6,11H,7-10,13-15H2,(H,23,26). The summed E-state index contributed by atoms with van der Waals surface area (Å²) in [5, 5.41) is 12.2. The van der Waals surface area contributed by atoms with Crippen LogP contribution in [0, 0.1) is 11.3 Å². The zero-order chi connectivity index (χ0) is 19.3. The van der Waals surface area contributed by atoms with Crippen molar-refractivity contribution in [1.29, 1.82) is 5.26 Å². The molecule has 0 aromatic heterocycles. The number of para-hydroxylation sites is 1. The number of fused-ring (bicyclic) bond motifs is 1. The van der Waals surface area contributed by atoms with Crippen LogP contribution in [0.2, 0.25) is 0 Å². The Morgan fingerprint density at radius 2 is 1.86 bits per heavy atom. The van der Waals surface area contributed by atoms with Crippen molar-refractivity contribution in [3.05, 3.63) is 53.6 Å². The van der Waals surface area contributed by atoms with E-state index in [9.17, 15) is 10.1 Å². The molecule has 0 atom stereocenters. The fraction of sp³-hybridized carbons (Fsp3) is 0.333. The molecule has 2 aliphatic rings. The van der Waals surface area contributed by atoms with E-state index in [2.05, 4.69) is 21.2 Å². The molecular formula is C21H22N4O3. The van der Waals surface area contributed by atoms with Crippen molar-refractivity contribution >= 4 is 11.6 Å². The van der Waals surface area contributed by atoms with Crippen LogP contribution < -0.4 is 19.7 Å². The Labute approximate surface area is 164 Å². The Morgan fingerprint density at radius 1 is 1.07 bits per heavy atom. The third-order valence-electron chi connectivity index (χ3n) is 5.03. The molecule has 0 spiro atoms. The number of ether oxygens (including phenoxy) is 2. The van der Waals surface area contributed by atoms with Crippen LogP contribution >= 0.6 is 0 Å². The van der Waals surface area contributed by atoms with Gasteiger partial charge in [0.25, 0.3) is 0 Å². The predicted molar refractivity (Wildman–Crippen MR) is 104 cm³/mol. The quantitative estimate of drug-likeness (QED) is 0.854. The maximum absolute atomic E-state index is 12.3. The molecule has 7 heteroatoms. The Hall–Kier alpha value is -3.24. The molecular weight excluding hydrogens is 356 g/mol. The van der Waals surface area contributed by atoms with E-state index in [1.165, 1.54) is 0 Å². The summed E-state index contributed by atoms with van der Waals surface area (Å²) in [7, 11) is 0. The van der Waals surface area contributed by atoms with Crippen molar-refractivity contribution in [1.82, 2.24) is 10.2 Å². The van der Waals surface area contributed by atoms with E-state index in [0.717, 1.165) is 48.9 Å². The molecule has 1 saturated heterocycles. The molecule has 2 aromatic rings. The van der Waals surface area contributed by atoms with Crippen molar-refractivity contribution in [2.45, 2.75) is 6.54 Å². The van der Waals surface area contributed by atoms with Gasteiger partial charge in [0.1, 0.15) is 6.07 Å². The lowest BCUT2D eigenvalue weighted by atomic mass is 10.1. The van der Waals surface area contributed by atoms with Crippen LogP contribution in [0.15, 0.2) is 42.5 Å². The molecule has 0 bridgehead atoms. The number of nitrogens with zero attached hydrogens (tertiary/aromatic N) is 3. The third-order valence-corrected chi connectivity index (χ3v) is 5.03. The largest absolute Gasteiger partial charge is 0.454 e. The number of piperazine rings is 1. The predicted octanol–water partition coefficient (Wildman–Crippen LogP) is 1.73. The van der Waals surface area contributed by atoms with E-state index in [-0.39, 0.29) is 12.7 Å². The molecule has 4 rings (SSSR count). The van der Waals surface area contributed by atoms with Crippen LogP contribution in [0.1, 0.15) is 11.1 Å². The zero-order valence-electron chi connectivity index (χ0n) is 15.6. The van der Waals surface area contributed by atoms with E-state index < -0.39 is 0 Å². The molecule has 1 fully saturated rings. The second-order valence-corrected chi connectivity index (χ2v) is 6.86. The summed E-state index contributed by atoms with van der Waals surface area (Å²) in [6.07, 6.45) is 0.